The smallest absolute Gasteiger partial charge is 0.324 e. The molecule has 4 aromatic rings. The van der Waals surface area contributed by atoms with Crippen LogP contribution >= 0.6 is 27.7 Å². The third-order valence-electron chi connectivity index (χ3n) is 4.09. The van der Waals surface area contributed by atoms with E-state index < -0.39 is 0 Å². The van der Waals surface area contributed by atoms with Crippen LogP contribution in [0.4, 0.5) is 5.69 Å². The molecule has 0 fully saturated rings. The second-order valence-corrected chi connectivity index (χ2v) is 8.32. The van der Waals surface area contributed by atoms with Crippen molar-refractivity contribution in [2.75, 3.05) is 5.32 Å². The molecule has 0 aliphatic rings. The van der Waals surface area contributed by atoms with Crippen LogP contribution in [0.2, 0.25) is 0 Å². The first-order valence-corrected chi connectivity index (χ1v) is 10.3. The summed E-state index contributed by atoms with van der Waals surface area (Å²) in [5, 5.41) is 7.70. The average molecular weight is 470 g/mol. The number of halogens is 1. The van der Waals surface area contributed by atoms with Crippen molar-refractivity contribution in [2.24, 2.45) is 0 Å². The zero-order valence-corrected chi connectivity index (χ0v) is 17.8. The highest BCUT2D eigenvalue weighted by atomic mass is 79.9. The first-order chi connectivity index (χ1) is 14.0. The van der Waals surface area contributed by atoms with Crippen molar-refractivity contribution >= 4 is 44.9 Å². The molecule has 146 valence electrons. The summed E-state index contributed by atoms with van der Waals surface area (Å²) >= 11 is 4.77. The molecule has 1 amide bonds. The third kappa shape index (κ3) is 4.41. The Kier molecular flexibility index (Phi) is 5.50. The summed E-state index contributed by atoms with van der Waals surface area (Å²) < 4.78 is 3.46. The predicted octanol–water partition coefficient (Wildman–Crippen LogP) is 3.75. The van der Waals surface area contributed by atoms with E-state index in [1.807, 2.05) is 43.3 Å². The second-order valence-electron chi connectivity index (χ2n) is 6.34. The number of hydrogen-bond acceptors (Lipinski definition) is 5. The molecule has 0 spiro atoms. The van der Waals surface area contributed by atoms with Gasteiger partial charge in [-0.2, -0.15) is 0 Å². The number of anilines is 1. The summed E-state index contributed by atoms with van der Waals surface area (Å²) in [6, 6.07) is 15.2. The Bertz CT molecular complexity index is 1250. The standard InChI is InChI=1S/C20H16BrN5O2S/c1-13-3-2-4-16(11-13)29-19-18-24-26(20(28)25(18)10-9-22-19)12-17(27)23-15-7-5-14(21)6-8-15/h2-11H,12H2,1H3,(H,23,27). The first-order valence-electron chi connectivity index (χ1n) is 8.74. The van der Waals surface area contributed by atoms with Crippen LogP contribution in [0.1, 0.15) is 5.56 Å². The molecule has 0 saturated heterocycles. The van der Waals surface area contributed by atoms with E-state index in [0.717, 1.165) is 19.6 Å². The van der Waals surface area contributed by atoms with Crippen molar-refractivity contribution < 1.29 is 4.79 Å². The fourth-order valence-corrected chi connectivity index (χ4v) is 3.98. The molecule has 0 bridgehead atoms. The number of nitrogens with zero attached hydrogens (tertiary/aromatic N) is 4. The molecule has 0 radical (unpaired) electrons. The highest BCUT2D eigenvalue weighted by Crippen LogP contribution is 2.28. The van der Waals surface area contributed by atoms with Crippen molar-refractivity contribution in [3.8, 4) is 0 Å². The summed E-state index contributed by atoms with van der Waals surface area (Å²) in [6.45, 7) is 1.83. The quantitative estimate of drug-likeness (QED) is 0.481. The predicted molar refractivity (Wildman–Crippen MR) is 115 cm³/mol. The molecular weight excluding hydrogens is 454 g/mol. The van der Waals surface area contributed by atoms with Crippen LogP contribution in [0.15, 0.2) is 80.1 Å². The molecule has 9 heteroatoms. The number of nitrogens with one attached hydrogen (secondary N) is 1. The van der Waals surface area contributed by atoms with Gasteiger partial charge in [0.05, 0.1) is 0 Å². The van der Waals surface area contributed by atoms with Crippen LogP contribution in [0, 0.1) is 6.92 Å². The lowest BCUT2D eigenvalue weighted by atomic mass is 10.2. The highest BCUT2D eigenvalue weighted by Gasteiger charge is 2.15. The lowest BCUT2D eigenvalue weighted by Gasteiger charge is -2.04. The van der Waals surface area contributed by atoms with Gasteiger partial charge in [-0.05, 0) is 43.3 Å². The van der Waals surface area contributed by atoms with Gasteiger partial charge in [0.2, 0.25) is 5.91 Å². The van der Waals surface area contributed by atoms with Gasteiger partial charge in [0.1, 0.15) is 11.6 Å². The largest absolute Gasteiger partial charge is 0.350 e. The fourth-order valence-electron chi connectivity index (χ4n) is 2.76. The zero-order valence-electron chi connectivity index (χ0n) is 15.4. The maximum Gasteiger partial charge on any atom is 0.350 e. The maximum absolute atomic E-state index is 12.7. The summed E-state index contributed by atoms with van der Waals surface area (Å²) in [5.41, 5.74) is 1.81. The van der Waals surface area contributed by atoms with Crippen LogP contribution in [0.25, 0.3) is 5.65 Å². The molecule has 2 aromatic carbocycles. The topological polar surface area (TPSA) is 81.3 Å². The van der Waals surface area contributed by atoms with Crippen molar-refractivity contribution in [2.45, 2.75) is 23.4 Å². The number of hydrogen-bond donors (Lipinski definition) is 1. The van der Waals surface area contributed by atoms with Gasteiger partial charge in [0.25, 0.3) is 0 Å². The van der Waals surface area contributed by atoms with Gasteiger partial charge in [-0.1, -0.05) is 45.4 Å². The second kappa shape index (κ2) is 8.22. The van der Waals surface area contributed by atoms with E-state index in [1.54, 1.807) is 24.5 Å². The van der Waals surface area contributed by atoms with E-state index >= 15 is 0 Å². The lowest BCUT2D eigenvalue weighted by molar-refractivity contribution is -0.117. The Morgan fingerprint density at radius 3 is 2.76 bits per heavy atom. The molecule has 2 aromatic heterocycles. The Labute approximate surface area is 178 Å². The third-order valence-corrected chi connectivity index (χ3v) is 5.59. The average Bonchev–Trinajstić information content (AvgIpc) is 3.00. The minimum absolute atomic E-state index is 0.189. The van der Waals surface area contributed by atoms with E-state index in [4.69, 9.17) is 0 Å². The molecule has 0 aliphatic carbocycles. The van der Waals surface area contributed by atoms with Crippen molar-refractivity contribution in [1.82, 2.24) is 19.2 Å². The van der Waals surface area contributed by atoms with Gasteiger partial charge in [0.15, 0.2) is 5.65 Å². The Balaban J connectivity index is 1.59. The normalized spacial score (nSPS) is 11.0. The number of rotatable bonds is 5. The molecule has 2 heterocycles. The fraction of sp³-hybridized carbons (Fsp3) is 0.100. The van der Waals surface area contributed by atoms with Crippen LogP contribution in [0.3, 0.4) is 0 Å². The van der Waals surface area contributed by atoms with E-state index in [0.29, 0.717) is 16.4 Å². The van der Waals surface area contributed by atoms with Crippen molar-refractivity contribution in [1.29, 1.82) is 0 Å². The minimum Gasteiger partial charge on any atom is -0.324 e. The Hall–Kier alpha value is -2.91. The highest BCUT2D eigenvalue weighted by molar-refractivity contribution is 9.10. The van der Waals surface area contributed by atoms with E-state index in [1.165, 1.54) is 16.2 Å². The van der Waals surface area contributed by atoms with E-state index in [-0.39, 0.29) is 18.1 Å². The zero-order chi connectivity index (χ0) is 20.4. The number of carbonyl (C=O) groups is 1. The molecule has 7 nitrogen and oxygen atoms in total. The maximum atomic E-state index is 12.7. The van der Waals surface area contributed by atoms with Gasteiger partial charge in [-0.15, -0.1) is 5.10 Å². The summed E-state index contributed by atoms with van der Waals surface area (Å²) in [4.78, 5) is 30.4. The molecule has 29 heavy (non-hydrogen) atoms. The minimum atomic E-state index is -0.389. The van der Waals surface area contributed by atoms with Crippen molar-refractivity contribution in [3.05, 3.63) is 81.4 Å². The molecule has 4 rings (SSSR count). The number of amides is 1. The van der Waals surface area contributed by atoms with Gasteiger partial charge < -0.3 is 5.32 Å². The molecule has 0 saturated carbocycles. The Morgan fingerprint density at radius 1 is 1.21 bits per heavy atom. The van der Waals surface area contributed by atoms with E-state index in [9.17, 15) is 9.59 Å². The van der Waals surface area contributed by atoms with Crippen LogP contribution in [-0.2, 0) is 11.3 Å². The molecule has 0 aliphatic heterocycles. The SMILES string of the molecule is Cc1cccc(Sc2nccn3c(=O)n(CC(=O)Nc4ccc(Br)cc4)nc23)c1. The van der Waals surface area contributed by atoms with Crippen LogP contribution < -0.4 is 11.0 Å². The Morgan fingerprint density at radius 2 is 2.00 bits per heavy atom. The molecule has 0 atom stereocenters. The van der Waals surface area contributed by atoms with Gasteiger partial charge in [-0.25, -0.2) is 18.9 Å². The first kappa shape index (κ1) is 19.4. The summed E-state index contributed by atoms with van der Waals surface area (Å²) in [6.07, 6.45) is 3.11. The lowest BCUT2D eigenvalue weighted by Crippen LogP contribution is -2.28. The van der Waals surface area contributed by atoms with Crippen LogP contribution in [0.5, 0.6) is 0 Å². The van der Waals surface area contributed by atoms with Gasteiger partial charge in [0, 0.05) is 27.4 Å². The monoisotopic (exact) mass is 469 g/mol. The number of aryl methyl sites for hydroxylation is 1. The number of benzene rings is 2. The number of aromatic nitrogens is 4. The molecule has 0 unspecified atom stereocenters. The molecule has 1 N–H and O–H groups in total. The van der Waals surface area contributed by atoms with Gasteiger partial charge >= 0.3 is 5.69 Å². The molecular formula is C20H16BrN5O2S. The van der Waals surface area contributed by atoms with Crippen LogP contribution in [-0.4, -0.2) is 25.1 Å². The van der Waals surface area contributed by atoms with Gasteiger partial charge in [-0.3, -0.25) is 4.79 Å². The van der Waals surface area contributed by atoms with Crippen molar-refractivity contribution in [3.63, 3.8) is 0 Å². The number of carbonyl (C=O) groups excluding carboxylic acids is 1. The summed E-state index contributed by atoms with van der Waals surface area (Å²) in [7, 11) is 0. The number of fused-ring (bicyclic) bond motifs is 1. The van der Waals surface area contributed by atoms with E-state index in [2.05, 4.69) is 31.3 Å². The summed E-state index contributed by atoms with van der Waals surface area (Å²) in [5.74, 6) is -0.335.